The van der Waals surface area contributed by atoms with Gasteiger partial charge in [0.15, 0.2) is 0 Å². The van der Waals surface area contributed by atoms with Crippen LogP contribution < -0.4 is 4.72 Å². The topological polar surface area (TPSA) is 76.9 Å². The molecule has 1 N–H and O–H groups in total. The standard InChI is InChI=1S/C23H26BrFN4O2S/c1-14-5-9-17(12-26-14)32(30,31)28-21(15-6-7-15)19-13-27-29(23(2,3)4)22(19)18-10-8-16(25)11-20(18)24/h5,8-13,15,21,28H,6-7H2,1-4H3. The Hall–Kier alpha value is -2.10. The molecule has 4 rings (SSSR count). The maximum absolute atomic E-state index is 13.8. The Balaban J connectivity index is 1.83. The highest BCUT2D eigenvalue weighted by Gasteiger charge is 2.39. The summed E-state index contributed by atoms with van der Waals surface area (Å²) in [6.07, 6.45) is 4.95. The molecule has 0 radical (unpaired) electrons. The third-order valence-corrected chi connectivity index (χ3v) is 7.61. The van der Waals surface area contributed by atoms with Gasteiger partial charge in [0.05, 0.1) is 23.5 Å². The summed E-state index contributed by atoms with van der Waals surface area (Å²) < 4.78 is 45.5. The summed E-state index contributed by atoms with van der Waals surface area (Å²) in [6.45, 7) is 7.89. The molecule has 0 amide bonds. The second-order valence-corrected chi connectivity index (χ2v) is 11.8. The van der Waals surface area contributed by atoms with Crippen LogP contribution in [0.2, 0.25) is 0 Å². The average Bonchev–Trinajstić information content (AvgIpc) is 3.44. The van der Waals surface area contributed by atoms with E-state index in [-0.39, 0.29) is 22.2 Å². The minimum absolute atomic E-state index is 0.126. The minimum Gasteiger partial charge on any atom is -0.260 e. The molecule has 6 nitrogen and oxygen atoms in total. The smallest absolute Gasteiger partial charge is 0.242 e. The fourth-order valence-electron chi connectivity index (χ4n) is 3.74. The van der Waals surface area contributed by atoms with E-state index in [0.29, 0.717) is 4.47 Å². The lowest BCUT2D eigenvalue weighted by Gasteiger charge is -2.25. The van der Waals surface area contributed by atoms with Crippen LogP contribution in [0.4, 0.5) is 4.39 Å². The Labute approximate surface area is 196 Å². The summed E-state index contributed by atoms with van der Waals surface area (Å²) in [5, 5.41) is 4.63. The first-order valence-corrected chi connectivity index (χ1v) is 12.7. The Bertz CT molecular complexity index is 1250. The second kappa shape index (κ2) is 8.35. The first-order chi connectivity index (χ1) is 15.0. The lowest BCUT2D eigenvalue weighted by Crippen LogP contribution is -2.31. The summed E-state index contributed by atoms with van der Waals surface area (Å²) in [5.41, 5.74) is 2.69. The molecule has 2 aromatic heterocycles. The molecule has 9 heteroatoms. The van der Waals surface area contributed by atoms with E-state index in [1.54, 1.807) is 24.4 Å². The van der Waals surface area contributed by atoms with Gasteiger partial charge in [-0.05, 0) is 92.7 Å². The fraction of sp³-hybridized carbons (Fsp3) is 0.391. The van der Waals surface area contributed by atoms with Gasteiger partial charge in [-0.25, -0.2) is 17.5 Å². The summed E-state index contributed by atoms with van der Waals surface area (Å²) in [4.78, 5) is 4.26. The molecule has 0 saturated heterocycles. The number of hydrogen-bond acceptors (Lipinski definition) is 4. The second-order valence-electron chi connectivity index (χ2n) is 9.23. The maximum atomic E-state index is 13.8. The van der Waals surface area contributed by atoms with Crippen LogP contribution in [0.25, 0.3) is 11.3 Å². The molecule has 2 heterocycles. The molecular weight excluding hydrogens is 495 g/mol. The van der Waals surface area contributed by atoms with Crippen LogP contribution in [0.15, 0.2) is 52.1 Å². The number of benzene rings is 1. The van der Waals surface area contributed by atoms with Gasteiger partial charge in [-0.2, -0.15) is 5.10 Å². The van der Waals surface area contributed by atoms with E-state index in [1.807, 2.05) is 32.4 Å². The summed E-state index contributed by atoms with van der Waals surface area (Å²) in [7, 11) is -3.79. The van der Waals surface area contributed by atoms with Crippen LogP contribution in [0, 0.1) is 18.7 Å². The van der Waals surface area contributed by atoms with Crippen molar-refractivity contribution in [3.63, 3.8) is 0 Å². The molecule has 1 aliphatic rings. The van der Waals surface area contributed by atoms with Crippen LogP contribution in [0.1, 0.15) is 50.9 Å². The summed E-state index contributed by atoms with van der Waals surface area (Å²) >= 11 is 3.48. The number of rotatable bonds is 6. The van der Waals surface area contributed by atoms with Crippen molar-refractivity contribution in [2.75, 3.05) is 0 Å². The third-order valence-electron chi connectivity index (χ3n) is 5.52. The van der Waals surface area contributed by atoms with E-state index in [0.717, 1.165) is 35.4 Å². The van der Waals surface area contributed by atoms with Crippen molar-refractivity contribution >= 4 is 26.0 Å². The molecule has 1 fully saturated rings. The van der Waals surface area contributed by atoms with Crippen LogP contribution in [-0.4, -0.2) is 23.2 Å². The largest absolute Gasteiger partial charge is 0.260 e. The van der Waals surface area contributed by atoms with Crippen molar-refractivity contribution in [1.82, 2.24) is 19.5 Å². The van der Waals surface area contributed by atoms with Crippen molar-refractivity contribution in [1.29, 1.82) is 0 Å². The minimum atomic E-state index is -3.79. The summed E-state index contributed by atoms with van der Waals surface area (Å²) in [6, 6.07) is 7.30. The van der Waals surface area contributed by atoms with Gasteiger partial charge in [-0.15, -0.1) is 0 Å². The van der Waals surface area contributed by atoms with Gasteiger partial charge < -0.3 is 0 Å². The van der Waals surface area contributed by atoms with Crippen LogP contribution >= 0.6 is 15.9 Å². The van der Waals surface area contributed by atoms with Crippen LogP contribution in [-0.2, 0) is 15.6 Å². The molecule has 3 aromatic rings. The molecule has 1 saturated carbocycles. The van der Waals surface area contributed by atoms with Crippen molar-refractivity contribution in [2.24, 2.45) is 5.92 Å². The molecule has 0 spiro atoms. The monoisotopic (exact) mass is 520 g/mol. The Morgan fingerprint density at radius 2 is 1.91 bits per heavy atom. The molecule has 1 unspecified atom stereocenters. The lowest BCUT2D eigenvalue weighted by atomic mass is 9.98. The van der Waals surface area contributed by atoms with E-state index < -0.39 is 16.1 Å². The van der Waals surface area contributed by atoms with Gasteiger partial charge >= 0.3 is 0 Å². The number of pyridine rings is 1. The number of nitrogens with one attached hydrogen (secondary N) is 1. The van der Waals surface area contributed by atoms with E-state index in [1.165, 1.54) is 18.3 Å². The zero-order valence-electron chi connectivity index (χ0n) is 18.4. The first-order valence-electron chi connectivity index (χ1n) is 10.5. The normalized spacial score (nSPS) is 15.7. The highest BCUT2D eigenvalue weighted by atomic mass is 79.9. The SMILES string of the molecule is Cc1ccc(S(=O)(=O)NC(c2cnn(C(C)(C)C)c2-c2ccc(F)cc2Br)C2CC2)cn1. The quantitative estimate of drug-likeness (QED) is 0.475. The van der Waals surface area contributed by atoms with E-state index in [4.69, 9.17) is 0 Å². The fourth-order valence-corrected chi connectivity index (χ4v) is 5.51. The van der Waals surface area contributed by atoms with Gasteiger partial charge in [0.25, 0.3) is 0 Å². The van der Waals surface area contributed by atoms with E-state index in [2.05, 4.69) is 30.7 Å². The molecule has 170 valence electrons. The van der Waals surface area contributed by atoms with Gasteiger partial charge in [-0.3, -0.25) is 9.67 Å². The number of aromatic nitrogens is 3. The number of aryl methyl sites for hydroxylation is 1. The van der Waals surface area contributed by atoms with Crippen molar-refractivity contribution in [2.45, 2.75) is 57.0 Å². The predicted molar refractivity (Wildman–Crippen MR) is 125 cm³/mol. The molecule has 1 aromatic carbocycles. The number of sulfonamides is 1. The lowest BCUT2D eigenvalue weighted by molar-refractivity contribution is 0.359. The zero-order valence-corrected chi connectivity index (χ0v) is 20.8. The van der Waals surface area contributed by atoms with Gasteiger partial charge in [-0.1, -0.05) is 0 Å². The first kappa shape index (κ1) is 23.1. The van der Waals surface area contributed by atoms with Crippen molar-refractivity contribution in [3.05, 3.63) is 64.3 Å². The molecular formula is C23H26BrFN4O2S. The molecule has 1 atom stereocenters. The van der Waals surface area contributed by atoms with Crippen LogP contribution in [0.5, 0.6) is 0 Å². The average molecular weight is 521 g/mol. The number of halogens is 2. The third kappa shape index (κ3) is 4.65. The van der Waals surface area contributed by atoms with Gasteiger partial charge in [0, 0.05) is 27.5 Å². The summed E-state index contributed by atoms with van der Waals surface area (Å²) in [5.74, 6) is -0.186. The highest BCUT2D eigenvalue weighted by molar-refractivity contribution is 9.10. The van der Waals surface area contributed by atoms with Crippen molar-refractivity contribution in [3.8, 4) is 11.3 Å². The number of nitrogens with zero attached hydrogens (tertiary/aromatic N) is 3. The van der Waals surface area contributed by atoms with E-state index >= 15 is 0 Å². The molecule has 32 heavy (non-hydrogen) atoms. The Morgan fingerprint density at radius 1 is 1.19 bits per heavy atom. The van der Waals surface area contributed by atoms with Crippen LogP contribution in [0.3, 0.4) is 0 Å². The maximum Gasteiger partial charge on any atom is 0.242 e. The Morgan fingerprint density at radius 3 is 2.47 bits per heavy atom. The molecule has 0 bridgehead atoms. The highest BCUT2D eigenvalue weighted by Crippen LogP contribution is 2.46. The zero-order chi connectivity index (χ0) is 23.3. The van der Waals surface area contributed by atoms with Gasteiger partial charge in [0.2, 0.25) is 10.0 Å². The molecule has 0 aliphatic heterocycles. The Kier molecular flexibility index (Phi) is 6.02. The molecule has 1 aliphatic carbocycles. The van der Waals surface area contributed by atoms with E-state index in [9.17, 15) is 12.8 Å². The number of hydrogen-bond donors (Lipinski definition) is 1. The van der Waals surface area contributed by atoms with Gasteiger partial charge in [0.1, 0.15) is 10.7 Å². The predicted octanol–water partition coefficient (Wildman–Crippen LogP) is 5.34. The van der Waals surface area contributed by atoms with Crippen molar-refractivity contribution < 1.29 is 12.8 Å².